The molecule has 182 valence electrons. The number of aryl methyl sites for hydroxylation is 1. The van der Waals surface area contributed by atoms with Crippen molar-refractivity contribution in [1.29, 1.82) is 0 Å². The van der Waals surface area contributed by atoms with Gasteiger partial charge in [-0.3, -0.25) is 14.5 Å². The van der Waals surface area contributed by atoms with Gasteiger partial charge in [-0.05, 0) is 53.0 Å². The predicted octanol–water partition coefficient (Wildman–Crippen LogP) is 3.63. The van der Waals surface area contributed by atoms with E-state index in [1.54, 1.807) is 66.7 Å². The third-order valence-corrected chi connectivity index (χ3v) is 5.03. The van der Waals surface area contributed by atoms with Gasteiger partial charge in [-0.15, -0.1) is 0 Å². The summed E-state index contributed by atoms with van der Waals surface area (Å²) in [7, 11) is 0. The molecule has 0 spiro atoms. The number of ether oxygens (including phenoxy) is 1. The second-order valence-corrected chi connectivity index (χ2v) is 9.43. The maximum atomic E-state index is 13.6. The zero-order chi connectivity index (χ0) is 25.5. The molecule has 3 amide bonds. The van der Waals surface area contributed by atoms with Gasteiger partial charge in [0.1, 0.15) is 17.4 Å². The number of aromatic hydroxyl groups is 1. The number of para-hydroxylation sites is 1. The van der Waals surface area contributed by atoms with E-state index in [4.69, 9.17) is 11.2 Å². The summed E-state index contributed by atoms with van der Waals surface area (Å²) < 4.78 is 5.31. The molecule has 0 aliphatic heterocycles. The fourth-order valence-corrected chi connectivity index (χ4v) is 3.20. The van der Waals surface area contributed by atoms with E-state index in [1.165, 1.54) is 0 Å². The first kappa shape index (κ1) is 27.8. The number of rotatable bonds is 8. The van der Waals surface area contributed by atoms with E-state index in [0.717, 1.165) is 4.90 Å². The van der Waals surface area contributed by atoms with Crippen LogP contribution in [-0.2, 0) is 14.3 Å². The van der Waals surface area contributed by atoms with Gasteiger partial charge in [0.2, 0.25) is 5.91 Å². The lowest BCUT2D eigenvalue weighted by atomic mass is 9.95. The summed E-state index contributed by atoms with van der Waals surface area (Å²) in [6.45, 7) is 14.1. The van der Waals surface area contributed by atoms with Crippen LogP contribution in [0.25, 0.3) is 0 Å². The molecule has 33 heavy (non-hydrogen) atoms. The second kappa shape index (κ2) is 11.6. The van der Waals surface area contributed by atoms with E-state index in [2.05, 4.69) is 16.7 Å². The second-order valence-electron chi connectivity index (χ2n) is 9.43. The Morgan fingerprint density at radius 3 is 2.27 bits per heavy atom. The first-order chi connectivity index (χ1) is 15.2. The molecule has 0 heterocycles. The van der Waals surface area contributed by atoms with Gasteiger partial charge in [0.25, 0.3) is 5.91 Å². The van der Waals surface area contributed by atoms with E-state index >= 15 is 0 Å². The maximum Gasteiger partial charge on any atom is 0.408 e. The predicted molar refractivity (Wildman–Crippen MR) is 127 cm³/mol. The number of nitrogens with one attached hydrogen (secondary N) is 2. The number of carbonyl (C=O) groups is 3. The highest BCUT2D eigenvalue weighted by Crippen LogP contribution is 2.32. The average molecular weight is 460 g/mol. The number of terminal acetylenes is 1. The average Bonchev–Trinajstić information content (AvgIpc) is 2.69. The summed E-state index contributed by atoms with van der Waals surface area (Å²) in [5.74, 6) is -1.63. The van der Waals surface area contributed by atoms with E-state index in [1.807, 2.05) is 6.92 Å². The van der Waals surface area contributed by atoms with Gasteiger partial charge in [0.15, 0.2) is 6.04 Å². The van der Waals surface area contributed by atoms with Gasteiger partial charge in [-0.1, -0.05) is 44.9 Å². The minimum absolute atomic E-state index is 0.130. The highest BCUT2D eigenvalue weighted by Gasteiger charge is 2.39. The lowest BCUT2D eigenvalue weighted by molar-refractivity contribution is -0.139. The van der Waals surface area contributed by atoms with Crippen LogP contribution in [0.1, 0.15) is 72.1 Å². The van der Waals surface area contributed by atoms with Crippen molar-refractivity contribution in [1.82, 2.24) is 15.5 Å². The number of alkyl carbamates (subject to hydrolysis) is 1. The quantitative estimate of drug-likeness (QED) is 0.406. The van der Waals surface area contributed by atoms with Crippen molar-refractivity contribution < 1.29 is 24.2 Å². The van der Waals surface area contributed by atoms with Gasteiger partial charge in [-0.2, -0.15) is 0 Å². The Hall–Kier alpha value is -3.21. The van der Waals surface area contributed by atoms with E-state index in [-0.39, 0.29) is 23.3 Å². The summed E-state index contributed by atoms with van der Waals surface area (Å²) in [4.78, 5) is 40.2. The highest BCUT2D eigenvalue weighted by atomic mass is 16.6. The molecule has 0 aliphatic rings. The van der Waals surface area contributed by atoms with Crippen LogP contribution in [0.3, 0.4) is 0 Å². The highest BCUT2D eigenvalue weighted by molar-refractivity contribution is 5.94. The number of hydrogen-bond donors (Lipinski definition) is 3. The summed E-state index contributed by atoms with van der Waals surface area (Å²) in [6, 6.07) is 4.64. The Labute approximate surface area is 197 Å². The molecule has 0 fully saturated rings. The van der Waals surface area contributed by atoms with E-state index in [0.29, 0.717) is 12.0 Å². The molecule has 3 unspecified atom stereocenters. The Bertz CT molecular complexity index is 898. The summed E-state index contributed by atoms with van der Waals surface area (Å²) in [6.07, 6.45) is 5.52. The Morgan fingerprint density at radius 2 is 1.79 bits per heavy atom. The topological polar surface area (TPSA) is 108 Å². The van der Waals surface area contributed by atoms with Gasteiger partial charge in [0, 0.05) is 17.6 Å². The molecule has 3 atom stereocenters. The largest absolute Gasteiger partial charge is 0.507 e. The van der Waals surface area contributed by atoms with Crippen molar-refractivity contribution in [3.63, 3.8) is 0 Å². The summed E-state index contributed by atoms with van der Waals surface area (Å²) in [5, 5.41) is 16.0. The van der Waals surface area contributed by atoms with Crippen LogP contribution in [0.2, 0.25) is 0 Å². The normalized spacial score (nSPS) is 13.9. The van der Waals surface area contributed by atoms with Gasteiger partial charge in [-0.25, -0.2) is 4.79 Å². The van der Waals surface area contributed by atoms with Crippen molar-refractivity contribution in [2.45, 2.75) is 85.5 Å². The van der Waals surface area contributed by atoms with Crippen LogP contribution in [-0.4, -0.2) is 45.6 Å². The van der Waals surface area contributed by atoms with Gasteiger partial charge < -0.3 is 20.5 Å². The first-order valence-corrected chi connectivity index (χ1v) is 11.1. The Morgan fingerprint density at radius 1 is 1.18 bits per heavy atom. The third-order valence-electron chi connectivity index (χ3n) is 5.03. The molecular formula is C25H37N3O5. The van der Waals surface area contributed by atoms with Crippen molar-refractivity contribution in [2.75, 3.05) is 0 Å². The summed E-state index contributed by atoms with van der Waals surface area (Å²) >= 11 is 0. The molecule has 1 aromatic carbocycles. The fraction of sp³-hybridized carbons (Fsp3) is 0.560. The molecule has 1 aromatic rings. The molecule has 8 heteroatoms. The van der Waals surface area contributed by atoms with E-state index in [9.17, 15) is 19.5 Å². The van der Waals surface area contributed by atoms with Crippen molar-refractivity contribution >= 4 is 17.9 Å². The number of benzene rings is 1. The summed E-state index contributed by atoms with van der Waals surface area (Å²) in [5.41, 5.74) is -0.0318. The molecule has 8 nitrogen and oxygen atoms in total. The molecule has 0 bridgehead atoms. The minimum atomic E-state index is -1.29. The standard InChI is InChI=1S/C25H37N3O5/c1-10-16(5)19(27-24(32)33-25(7,8)9)23(31)28(11-2)20(22(30)26-15(3)4)18-14-12-13-17(6)21(18)29/h2,12-16,19-20,29H,10H2,1,3-9H3,(H,26,30)(H,27,32). The van der Waals surface area contributed by atoms with Crippen molar-refractivity contribution in [3.05, 3.63) is 29.3 Å². The molecule has 1 rings (SSSR count). The maximum absolute atomic E-state index is 13.6. The van der Waals surface area contributed by atoms with Gasteiger partial charge >= 0.3 is 6.09 Å². The van der Waals surface area contributed by atoms with E-state index < -0.39 is 35.6 Å². The minimum Gasteiger partial charge on any atom is -0.507 e. The number of carbonyl (C=O) groups excluding carboxylic acids is 3. The first-order valence-electron chi connectivity index (χ1n) is 11.1. The fourth-order valence-electron chi connectivity index (χ4n) is 3.20. The Kier molecular flexibility index (Phi) is 9.78. The molecule has 0 aliphatic carbocycles. The molecular weight excluding hydrogens is 422 g/mol. The Balaban J connectivity index is 3.48. The van der Waals surface area contributed by atoms with Crippen LogP contribution in [0.4, 0.5) is 4.79 Å². The van der Waals surface area contributed by atoms with Crippen molar-refractivity contribution in [3.8, 4) is 18.2 Å². The zero-order valence-electron chi connectivity index (χ0n) is 20.9. The smallest absolute Gasteiger partial charge is 0.408 e. The SMILES string of the molecule is C#CN(C(=O)C(NC(=O)OC(C)(C)C)C(C)CC)C(C(=O)NC(C)C)c1cccc(C)c1O. The van der Waals surface area contributed by atoms with Crippen LogP contribution in [0, 0.1) is 25.3 Å². The molecule has 0 saturated carbocycles. The monoisotopic (exact) mass is 459 g/mol. The zero-order valence-corrected chi connectivity index (χ0v) is 20.9. The molecule has 0 aromatic heterocycles. The third kappa shape index (κ3) is 7.70. The number of phenolic OH excluding ortho intramolecular Hbond substituents is 1. The number of nitrogens with zero attached hydrogens (tertiary/aromatic N) is 1. The number of phenols is 1. The number of amides is 3. The lowest BCUT2D eigenvalue weighted by Gasteiger charge is -2.33. The molecule has 3 N–H and O–H groups in total. The lowest BCUT2D eigenvalue weighted by Crippen LogP contribution is -2.54. The van der Waals surface area contributed by atoms with Crippen LogP contribution in [0.15, 0.2) is 18.2 Å². The van der Waals surface area contributed by atoms with Crippen LogP contribution < -0.4 is 10.6 Å². The molecule has 0 radical (unpaired) electrons. The van der Waals surface area contributed by atoms with Gasteiger partial charge in [0.05, 0.1) is 0 Å². The van der Waals surface area contributed by atoms with Crippen molar-refractivity contribution in [2.24, 2.45) is 5.92 Å². The number of hydrogen-bond acceptors (Lipinski definition) is 5. The van der Waals surface area contributed by atoms with Crippen LogP contribution >= 0.6 is 0 Å². The molecule has 0 saturated heterocycles. The van der Waals surface area contributed by atoms with Crippen LogP contribution in [0.5, 0.6) is 5.75 Å².